The van der Waals surface area contributed by atoms with Gasteiger partial charge in [-0.25, -0.2) is 0 Å². The van der Waals surface area contributed by atoms with Gasteiger partial charge in [-0.15, -0.1) is 0 Å². The van der Waals surface area contributed by atoms with Gasteiger partial charge in [-0.2, -0.15) is 0 Å². The standard InChI is InChI=1S/C14H21IO/c1-3-7-12(2)11-16-14(10-15)13-8-5-4-6-9-13/h4-6,8-9,12,14H,3,7,10-11H2,1-2H3. The normalized spacial score (nSPS) is 14.7. The third-order valence-corrected chi connectivity index (χ3v) is 3.47. The van der Waals surface area contributed by atoms with E-state index in [9.17, 15) is 0 Å². The van der Waals surface area contributed by atoms with Crippen LogP contribution in [0.15, 0.2) is 30.3 Å². The van der Waals surface area contributed by atoms with Gasteiger partial charge in [-0.3, -0.25) is 0 Å². The van der Waals surface area contributed by atoms with Gasteiger partial charge in [0, 0.05) is 11.0 Å². The van der Waals surface area contributed by atoms with Crippen molar-refractivity contribution in [3.63, 3.8) is 0 Å². The van der Waals surface area contributed by atoms with Gasteiger partial charge in [0.15, 0.2) is 0 Å². The Labute approximate surface area is 113 Å². The molecule has 2 atom stereocenters. The highest BCUT2D eigenvalue weighted by molar-refractivity contribution is 14.1. The summed E-state index contributed by atoms with van der Waals surface area (Å²) in [5, 5.41) is 0. The fourth-order valence-electron chi connectivity index (χ4n) is 1.75. The molecular formula is C14H21IO. The van der Waals surface area contributed by atoms with E-state index >= 15 is 0 Å². The van der Waals surface area contributed by atoms with E-state index in [1.54, 1.807) is 0 Å². The summed E-state index contributed by atoms with van der Waals surface area (Å²) in [6.45, 7) is 5.36. The van der Waals surface area contributed by atoms with E-state index in [4.69, 9.17) is 4.74 Å². The topological polar surface area (TPSA) is 9.23 Å². The molecule has 0 aliphatic heterocycles. The summed E-state index contributed by atoms with van der Waals surface area (Å²) >= 11 is 2.40. The molecule has 0 radical (unpaired) electrons. The predicted octanol–water partition coefficient (Wildman–Crippen LogP) is 4.62. The van der Waals surface area contributed by atoms with Crippen LogP contribution in [0, 0.1) is 5.92 Å². The largest absolute Gasteiger partial charge is 0.372 e. The van der Waals surface area contributed by atoms with Gasteiger partial charge in [0.1, 0.15) is 0 Å². The lowest BCUT2D eigenvalue weighted by molar-refractivity contribution is 0.0459. The number of halogens is 1. The Morgan fingerprint density at radius 1 is 1.25 bits per heavy atom. The first-order valence-electron chi connectivity index (χ1n) is 6.00. The first kappa shape index (κ1) is 14.0. The van der Waals surface area contributed by atoms with Gasteiger partial charge in [-0.05, 0) is 17.9 Å². The fraction of sp³-hybridized carbons (Fsp3) is 0.571. The van der Waals surface area contributed by atoms with Gasteiger partial charge in [0.2, 0.25) is 0 Å². The molecule has 1 aromatic carbocycles. The Hall–Kier alpha value is -0.0900. The van der Waals surface area contributed by atoms with Crippen LogP contribution in [0.5, 0.6) is 0 Å². The van der Waals surface area contributed by atoms with E-state index in [0.29, 0.717) is 5.92 Å². The molecular weight excluding hydrogens is 311 g/mol. The summed E-state index contributed by atoms with van der Waals surface area (Å²) in [7, 11) is 0. The zero-order valence-corrected chi connectivity index (χ0v) is 12.3. The van der Waals surface area contributed by atoms with Crippen molar-refractivity contribution in [2.24, 2.45) is 5.92 Å². The lowest BCUT2D eigenvalue weighted by atomic mass is 10.1. The van der Waals surface area contributed by atoms with E-state index in [2.05, 4.69) is 60.7 Å². The summed E-state index contributed by atoms with van der Waals surface area (Å²) in [5.41, 5.74) is 1.29. The Morgan fingerprint density at radius 2 is 1.94 bits per heavy atom. The molecule has 0 spiro atoms. The summed E-state index contributed by atoms with van der Waals surface area (Å²) in [6.07, 6.45) is 2.74. The molecule has 0 aliphatic rings. The van der Waals surface area contributed by atoms with Gasteiger partial charge < -0.3 is 4.74 Å². The second kappa shape index (κ2) is 8.07. The van der Waals surface area contributed by atoms with Gasteiger partial charge in [-0.1, -0.05) is 73.2 Å². The highest BCUT2D eigenvalue weighted by atomic mass is 127. The molecule has 90 valence electrons. The van der Waals surface area contributed by atoms with Crippen LogP contribution in [-0.4, -0.2) is 11.0 Å². The molecule has 2 unspecified atom stereocenters. The first-order valence-corrected chi connectivity index (χ1v) is 7.53. The van der Waals surface area contributed by atoms with Crippen molar-refractivity contribution in [3.8, 4) is 0 Å². The van der Waals surface area contributed by atoms with E-state index in [1.807, 2.05) is 6.07 Å². The quantitative estimate of drug-likeness (QED) is 0.523. The maximum atomic E-state index is 5.98. The third-order valence-electron chi connectivity index (χ3n) is 2.67. The van der Waals surface area contributed by atoms with Crippen LogP contribution in [0.2, 0.25) is 0 Å². The smallest absolute Gasteiger partial charge is 0.0914 e. The molecule has 0 saturated heterocycles. The molecule has 0 aliphatic carbocycles. The van der Waals surface area contributed by atoms with Crippen LogP contribution in [0.4, 0.5) is 0 Å². The molecule has 2 heteroatoms. The molecule has 16 heavy (non-hydrogen) atoms. The number of hydrogen-bond donors (Lipinski definition) is 0. The molecule has 1 rings (SSSR count). The molecule has 0 N–H and O–H groups in total. The maximum absolute atomic E-state index is 5.98. The zero-order chi connectivity index (χ0) is 11.8. The van der Waals surface area contributed by atoms with Crippen molar-refractivity contribution in [1.82, 2.24) is 0 Å². The highest BCUT2D eigenvalue weighted by Gasteiger charge is 2.11. The average Bonchev–Trinajstić information content (AvgIpc) is 2.31. The minimum atomic E-state index is 0.251. The van der Waals surface area contributed by atoms with Gasteiger partial charge in [0.25, 0.3) is 0 Å². The predicted molar refractivity (Wildman–Crippen MR) is 78.1 cm³/mol. The number of rotatable bonds is 7. The molecule has 1 aromatic rings. The van der Waals surface area contributed by atoms with E-state index < -0.39 is 0 Å². The van der Waals surface area contributed by atoms with Crippen LogP contribution in [-0.2, 0) is 4.74 Å². The second-order valence-electron chi connectivity index (χ2n) is 4.28. The van der Waals surface area contributed by atoms with Crippen molar-refractivity contribution >= 4 is 22.6 Å². The van der Waals surface area contributed by atoms with Crippen molar-refractivity contribution in [2.75, 3.05) is 11.0 Å². The summed E-state index contributed by atoms with van der Waals surface area (Å²) in [5.74, 6) is 0.666. The molecule has 0 heterocycles. The van der Waals surface area contributed by atoms with Crippen molar-refractivity contribution in [3.05, 3.63) is 35.9 Å². The van der Waals surface area contributed by atoms with Crippen molar-refractivity contribution in [1.29, 1.82) is 0 Å². The number of ether oxygens (including phenoxy) is 1. The third kappa shape index (κ3) is 4.83. The number of alkyl halides is 1. The van der Waals surface area contributed by atoms with Gasteiger partial charge in [0.05, 0.1) is 6.10 Å². The average molecular weight is 332 g/mol. The summed E-state index contributed by atoms with van der Waals surface area (Å²) in [6, 6.07) is 10.5. The van der Waals surface area contributed by atoms with Crippen LogP contribution in [0.3, 0.4) is 0 Å². The minimum Gasteiger partial charge on any atom is -0.372 e. The van der Waals surface area contributed by atoms with Crippen LogP contribution < -0.4 is 0 Å². The summed E-state index contributed by atoms with van der Waals surface area (Å²) < 4.78 is 7.00. The zero-order valence-electron chi connectivity index (χ0n) is 10.2. The van der Waals surface area contributed by atoms with Crippen molar-refractivity contribution in [2.45, 2.75) is 32.8 Å². The monoisotopic (exact) mass is 332 g/mol. The Bertz CT molecular complexity index is 273. The highest BCUT2D eigenvalue weighted by Crippen LogP contribution is 2.21. The molecule has 0 amide bonds. The Balaban J connectivity index is 2.44. The Morgan fingerprint density at radius 3 is 2.50 bits per heavy atom. The number of benzene rings is 1. The molecule has 0 bridgehead atoms. The number of hydrogen-bond acceptors (Lipinski definition) is 1. The molecule has 0 aromatic heterocycles. The SMILES string of the molecule is CCCC(C)COC(CI)c1ccccc1. The maximum Gasteiger partial charge on any atom is 0.0914 e. The minimum absolute atomic E-state index is 0.251. The molecule has 1 nitrogen and oxygen atoms in total. The van der Waals surface area contributed by atoms with Crippen LogP contribution in [0.1, 0.15) is 38.4 Å². The second-order valence-corrected chi connectivity index (χ2v) is 5.16. The van der Waals surface area contributed by atoms with E-state index in [-0.39, 0.29) is 6.10 Å². The van der Waals surface area contributed by atoms with Crippen molar-refractivity contribution < 1.29 is 4.74 Å². The van der Waals surface area contributed by atoms with Gasteiger partial charge >= 0.3 is 0 Å². The first-order chi connectivity index (χ1) is 7.77. The van der Waals surface area contributed by atoms with Crippen LogP contribution >= 0.6 is 22.6 Å². The molecule has 0 fully saturated rings. The summed E-state index contributed by atoms with van der Waals surface area (Å²) in [4.78, 5) is 0. The van der Waals surface area contributed by atoms with E-state index in [0.717, 1.165) is 11.0 Å². The van der Waals surface area contributed by atoms with Crippen LogP contribution in [0.25, 0.3) is 0 Å². The Kier molecular flexibility index (Phi) is 7.05. The van der Waals surface area contributed by atoms with E-state index in [1.165, 1.54) is 18.4 Å². The fourth-order valence-corrected chi connectivity index (χ4v) is 2.52. The molecule has 0 saturated carbocycles. The lowest BCUT2D eigenvalue weighted by Gasteiger charge is -2.18. The lowest BCUT2D eigenvalue weighted by Crippen LogP contribution is -2.12.